The zero-order chi connectivity index (χ0) is 25.7. The standard InChI is InChI=1S/C32H41BrN2/c1-20(2)26-14-10-15-27(21(3)4)31(26)34-18-24-12-9-13-25(30(24)33)19-35-32-28(22(5)6)16-11-17-29(32)23(7)8/h9-18,20-23,35H,19H2,1-8H3. The van der Waals surface area contributed by atoms with Gasteiger partial charge in [-0.1, -0.05) is 110 Å². The molecule has 3 rings (SSSR count). The second-order valence-electron chi connectivity index (χ2n) is 10.6. The van der Waals surface area contributed by atoms with Crippen LogP contribution in [0.1, 0.15) is 112 Å². The van der Waals surface area contributed by atoms with Crippen LogP contribution in [0, 0.1) is 0 Å². The Bertz CT molecular complexity index is 1120. The Kier molecular flexibility index (Phi) is 9.35. The summed E-state index contributed by atoms with van der Waals surface area (Å²) in [7, 11) is 0. The Balaban J connectivity index is 1.93. The van der Waals surface area contributed by atoms with Gasteiger partial charge >= 0.3 is 0 Å². The zero-order valence-corrected chi connectivity index (χ0v) is 24.2. The van der Waals surface area contributed by atoms with Crippen LogP contribution < -0.4 is 5.32 Å². The highest BCUT2D eigenvalue weighted by Crippen LogP contribution is 2.36. The van der Waals surface area contributed by atoms with Crippen molar-refractivity contribution in [1.82, 2.24) is 0 Å². The van der Waals surface area contributed by atoms with Gasteiger partial charge in [0.05, 0.1) is 5.69 Å². The van der Waals surface area contributed by atoms with E-state index in [1.165, 1.54) is 33.5 Å². The third kappa shape index (κ3) is 6.44. The lowest BCUT2D eigenvalue weighted by atomic mass is 9.92. The van der Waals surface area contributed by atoms with E-state index in [1.54, 1.807) is 0 Å². The van der Waals surface area contributed by atoms with E-state index in [0.29, 0.717) is 23.7 Å². The van der Waals surface area contributed by atoms with Crippen molar-refractivity contribution in [3.8, 4) is 0 Å². The third-order valence-electron chi connectivity index (χ3n) is 6.61. The van der Waals surface area contributed by atoms with Gasteiger partial charge in [0.1, 0.15) is 0 Å². The Morgan fingerprint density at radius 3 is 1.63 bits per heavy atom. The smallest absolute Gasteiger partial charge is 0.0699 e. The zero-order valence-electron chi connectivity index (χ0n) is 22.6. The molecule has 0 radical (unpaired) electrons. The number of hydrogen-bond acceptors (Lipinski definition) is 2. The Morgan fingerprint density at radius 1 is 0.686 bits per heavy atom. The van der Waals surface area contributed by atoms with Crippen molar-refractivity contribution in [3.05, 3.63) is 92.5 Å². The molecule has 3 aromatic carbocycles. The molecule has 35 heavy (non-hydrogen) atoms. The first-order valence-electron chi connectivity index (χ1n) is 12.9. The molecular formula is C32H41BrN2. The summed E-state index contributed by atoms with van der Waals surface area (Å²) in [6.07, 6.45) is 2.02. The van der Waals surface area contributed by atoms with Gasteiger partial charge in [0, 0.05) is 28.5 Å². The molecule has 0 saturated heterocycles. The lowest BCUT2D eigenvalue weighted by molar-refractivity contribution is 0.832. The molecule has 186 valence electrons. The molecule has 0 atom stereocenters. The Morgan fingerprint density at radius 2 is 1.14 bits per heavy atom. The van der Waals surface area contributed by atoms with Crippen LogP contribution in [0.5, 0.6) is 0 Å². The minimum absolute atomic E-state index is 0.427. The third-order valence-corrected chi connectivity index (χ3v) is 7.58. The van der Waals surface area contributed by atoms with Gasteiger partial charge in [0.2, 0.25) is 0 Å². The maximum atomic E-state index is 5.04. The predicted molar refractivity (Wildman–Crippen MR) is 158 cm³/mol. The molecule has 0 aliphatic heterocycles. The Labute approximate surface area is 221 Å². The molecule has 1 N–H and O–H groups in total. The molecule has 0 aliphatic carbocycles. The summed E-state index contributed by atoms with van der Waals surface area (Å²) in [6, 6.07) is 19.7. The number of hydrogen-bond donors (Lipinski definition) is 1. The highest BCUT2D eigenvalue weighted by atomic mass is 79.9. The molecular weight excluding hydrogens is 492 g/mol. The van der Waals surface area contributed by atoms with Crippen molar-refractivity contribution in [2.75, 3.05) is 5.32 Å². The number of benzene rings is 3. The highest BCUT2D eigenvalue weighted by molar-refractivity contribution is 9.10. The minimum atomic E-state index is 0.427. The lowest BCUT2D eigenvalue weighted by Crippen LogP contribution is -2.08. The quantitative estimate of drug-likeness (QED) is 0.272. The van der Waals surface area contributed by atoms with Crippen LogP contribution in [0.15, 0.2) is 64.1 Å². The average molecular weight is 534 g/mol. The Hall–Kier alpha value is -2.39. The van der Waals surface area contributed by atoms with E-state index in [4.69, 9.17) is 4.99 Å². The molecule has 0 aromatic heterocycles. The number of anilines is 1. The first-order chi connectivity index (χ1) is 16.6. The molecule has 0 saturated carbocycles. The molecule has 0 aliphatic rings. The maximum Gasteiger partial charge on any atom is 0.0699 e. The first kappa shape index (κ1) is 27.2. The van der Waals surface area contributed by atoms with Crippen molar-refractivity contribution >= 4 is 33.5 Å². The SMILES string of the molecule is CC(C)c1cccc(C(C)C)c1N=Cc1cccc(CNc2c(C(C)C)cccc2C(C)C)c1Br. The van der Waals surface area contributed by atoms with Crippen LogP contribution in [0.4, 0.5) is 11.4 Å². The molecule has 0 spiro atoms. The summed E-state index contributed by atoms with van der Waals surface area (Å²) in [5.74, 6) is 1.79. The minimum Gasteiger partial charge on any atom is -0.380 e. The fourth-order valence-electron chi connectivity index (χ4n) is 4.57. The van der Waals surface area contributed by atoms with Gasteiger partial charge < -0.3 is 5.32 Å². The van der Waals surface area contributed by atoms with Gasteiger partial charge in [0.15, 0.2) is 0 Å². The number of rotatable bonds is 9. The number of nitrogens with zero attached hydrogens (tertiary/aromatic N) is 1. The van der Waals surface area contributed by atoms with Crippen LogP contribution in [-0.4, -0.2) is 6.21 Å². The molecule has 0 amide bonds. The number of halogens is 1. The molecule has 3 aromatic rings. The molecule has 0 fully saturated rings. The summed E-state index contributed by atoms with van der Waals surface area (Å²) < 4.78 is 1.09. The average Bonchev–Trinajstić information content (AvgIpc) is 2.81. The molecule has 2 nitrogen and oxygen atoms in total. The van der Waals surface area contributed by atoms with E-state index < -0.39 is 0 Å². The van der Waals surface area contributed by atoms with Crippen molar-refractivity contribution in [2.45, 2.75) is 85.6 Å². The summed E-state index contributed by atoms with van der Waals surface area (Å²) in [5, 5.41) is 3.78. The fourth-order valence-corrected chi connectivity index (χ4v) is 5.08. The number of para-hydroxylation sites is 2. The van der Waals surface area contributed by atoms with Crippen LogP contribution >= 0.6 is 15.9 Å². The van der Waals surface area contributed by atoms with E-state index in [2.05, 4.69) is 131 Å². The second-order valence-corrected chi connectivity index (χ2v) is 11.4. The lowest BCUT2D eigenvalue weighted by Gasteiger charge is -2.21. The van der Waals surface area contributed by atoms with Gasteiger partial charge in [-0.2, -0.15) is 0 Å². The first-order valence-corrected chi connectivity index (χ1v) is 13.7. The summed E-state index contributed by atoms with van der Waals surface area (Å²) >= 11 is 3.89. The fraction of sp³-hybridized carbons (Fsp3) is 0.406. The molecule has 0 heterocycles. The van der Waals surface area contributed by atoms with E-state index in [1.807, 2.05) is 6.21 Å². The van der Waals surface area contributed by atoms with Crippen molar-refractivity contribution in [2.24, 2.45) is 4.99 Å². The van der Waals surface area contributed by atoms with Crippen molar-refractivity contribution in [1.29, 1.82) is 0 Å². The monoisotopic (exact) mass is 532 g/mol. The van der Waals surface area contributed by atoms with Crippen molar-refractivity contribution in [3.63, 3.8) is 0 Å². The van der Waals surface area contributed by atoms with Gasteiger partial charge in [0.25, 0.3) is 0 Å². The second kappa shape index (κ2) is 12.0. The number of aliphatic imine (C=N–C) groups is 1. The van der Waals surface area contributed by atoms with Gasteiger partial charge in [-0.05, 0) is 67.4 Å². The predicted octanol–water partition coefficient (Wildman–Crippen LogP) is 10.3. The van der Waals surface area contributed by atoms with Crippen LogP contribution in [0.2, 0.25) is 0 Å². The molecule has 3 heteroatoms. The van der Waals surface area contributed by atoms with Gasteiger partial charge in [-0.3, -0.25) is 4.99 Å². The van der Waals surface area contributed by atoms with E-state index in [-0.39, 0.29) is 0 Å². The largest absolute Gasteiger partial charge is 0.380 e. The molecule has 0 unspecified atom stereocenters. The van der Waals surface area contributed by atoms with Gasteiger partial charge in [-0.15, -0.1) is 0 Å². The van der Waals surface area contributed by atoms with Gasteiger partial charge in [-0.25, -0.2) is 0 Å². The molecule has 0 bridgehead atoms. The van der Waals surface area contributed by atoms with E-state index >= 15 is 0 Å². The van der Waals surface area contributed by atoms with Crippen LogP contribution in [0.3, 0.4) is 0 Å². The summed E-state index contributed by atoms with van der Waals surface area (Å²) in [4.78, 5) is 5.04. The van der Waals surface area contributed by atoms with Crippen LogP contribution in [0.25, 0.3) is 0 Å². The van der Waals surface area contributed by atoms with Crippen molar-refractivity contribution < 1.29 is 0 Å². The van der Waals surface area contributed by atoms with E-state index in [9.17, 15) is 0 Å². The summed E-state index contributed by atoms with van der Waals surface area (Å²) in [5.41, 5.74) is 10.0. The summed E-state index contributed by atoms with van der Waals surface area (Å²) in [6.45, 7) is 18.8. The topological polar surface area (TPSA) is 24.4 Å². The van der Waals surface area contributed by atoms with Crippen LogP contribution in [-0.2, 0) is 6.54 Å². The highest BCUT2D eigenvalue weighted by Gasteiger charge is 2.15. The number of nitrogens with one attached hydrogen (secondary N) is 1. The van der Waals surface area contributed by atoms with E-state index in [0.717, 1.165) is 22.3 Å². The maximum absolute atomic E-state index is 5.04. The normalized spacial score (nSPS) is 12.0.